The lowest BCUT2D eigenvalue weighted by Crippen LogP contribution is -2.23. The van der Waals surface area contributed by atoms with Gasteiger partial charge in [-0.2, -0.15) is 0 Å². The second kappa shape index (κ2) is 7.95. The monoisotopic (exact) mass is 326 g/mol. The average molecular weight is 327 g/mol. The minimum atomic E-state index is -1.08. The summed E-state index contributed by atoms with van der Waals surface area (Å²) in [4.78, 5) is 10.9. The maximum Gasteiger partial charge on any atom is 0.307 e. The Morgan fingerprint density at radius 2 is 1.95 bits per heavy atom. The van der Waals surface area contributed by atoms with E-state index in [1.54, 1.807) is 11.8 Å². The smallest absolute Gasteiger partial charge is 0.307 e. The first-order valence-corrected chi connectivity index (χ1v) is 12.4. The SMILES string of the molecule is CSC(=Cc1ccccc1CC(=O)O)SC[Si](C)(C)C. The molecule has 0 atom stereocenters. The summed E-state index contributed by atoms with van der Waals surface area (Å²) in [6.07, 6.45) is 4.27. The molecule has 110 valence electrons. The van der Waals surface area contributed by atoms with E-state index in [4.69, 9.17) is 5.11 Å². The maximum atomic E-state index is 10.9. The fraction of sp³-hybridized carbons (Fsp3) is 0.400. The van der Waals surface area contributed by atoms with Gasteiger partial charge in [-0.1, -0.05) is 43.9 Å². The zero-order valence-electron chi connectivity index (χ0n) is 12.5. The van der Waals surface area contributed by atoms with Crippen LogP contribution in [0.25, 0.3) is 6.08 Å². The zero-order chi connectivity index (χ0) is 15.2. The first kappa shape index (κ1) is 17.4. The van der Waals surface area contributed by atoms with Gasteiger partial charge in [0.2, 0.25) is 0 Å². The molecule has 5 heteroatoms. The largest absolute Gasteiger partial charge is 0.481 e. The van der Waals surface area contributed by atoms with Crippen LogP contribution < -0.4 is 0 Å². The molecule has 0 amide bonds. The second-order valence-electron chi connectivity index (χ2n) is 5.79. The van der Waals surface area contributed by atoms with Crippen molar-refractivity contribution in [1.82, 2.24) is 0 Å². The molecule has 0 aromatic heterocycles. The molecular weight excluding hydrogens is 304 g/mol. The van der Waals surface area contributed by atoms with Gasteiger partial charge in [-0.3, -0.25) is 4.79 Å². The van der Waals surface area contributed by atoms with Crippen LogP contribution in [0.2, 0.25) is 19.6 Å². The Kier molecular flexibility index (Phi) is 6.92. The topological polar surface area (TPSA) is 37.3 Å². The van der Waals surface area contributed by atoms with Crippen molar-refractivity contribution in [3.63, 3.8) is 0 Å². The Balaban J connectivity index is 2.92. The molecule has 20 heavy (non-hydrogen) atoms. The minimum Gasteiger partial charge on any atom is -0.481 e. The van der Waals surface area contributed by atoms with Crippen molar-refractivity contribution in [1.29, 1.82) is 0 Å². The van der Waals surface area contributed by atoms with Gasteiger partial charge in [0, 0.05) is 4.24 Å². The molecule has 1 aromatic rings. The Hall–Kier alpha value is -0.653. The lowest BCUT2D eigenvalue weighted by molar-refractivity contribution is -0.136. The fourth-order valence-electron chi connectivity index (χ4n) is 1.57. The van der Waals surface area contributed by atoms with Gasteiger partial charge in [-0.05, 0) is 28.8 Å². The van der Waals surface area contributed by atoms with E-state index in [2.05, 4.69) is 32.0 Å². The molecule has 2 nitrogen and oxygen atoms in total. The van der Waals surface area contributed by atoms with Crippen LogP contribution in [0.5, 0.6) is 0 Å². The number of benzene rings is 1. The van der Waals surface area contributed by atoms with Gasteiger partial charge in [-0.15, -0.1) is 23.5 Å². The molecule has 1 N–H and O–H groups in total. The molecule has 0 unspecified atom stereocenters. The van der Waals surface area contributed by atoms with Crippen molar-refractivity contribution in [3.8, 4) is 0 Å². The summed E-state index contributed by atoms with van der Waals surface area (Å²) in [5.74, 6) is -0.786. The van der Waals surface area contributed by atoms with Crippen molar-refractivity contribution in [2.45, 2.75) is 26.1 Å². The number of carbonyl (C=O) groups is 1. The number of aliphatic carboxylic acids is 1. The maximum absolute atomic E-state index is 10.9. The quantitative estimate of drug-likeness (QED) is 0.744. The predicted octanol–water partition coefficient (Wildman–Crippen LogP) is 4.59. The van der Waals surface area contributed by atoms with E-state index in [0.717, 1.165) is 11.1 Å². The van der Waals surface area contributed by atoms with Crippen LogP contribution in [0.4, 0.5) is 0 Å². The Morgan fingerprint density at radius 1 is 1.30 bits per heavy atom. The van der Waals surface area contributed by atoms with Crippen LogP contribution >= 0.6 is 23.5 Å². The summed E-state index contributed by atoms with van der Waals surface area (Å²) in [6, 6.07) is 7.73. The van der Waals surface area contributed by atoms with E-state index in [0.29, 0.717) is 0 Å². The molecule has 0 saturated carbocycles. The molecule has 0 aliphatic carbocycles. The Bertz CT molecular complexity index is 493. The van der Waals surface area contributed by atoms with E-state index >= 15 is 0 Å². The normalized spacial score (nSPS) is 12.5. The van der Waals surface area contributed by atoms with E-state index in [1.165, 1.54) is 9.61 Å². The molecule has 0 radical (unpaired) electrons. The van der Waals surface area contributed by atoms with Gasteiger partial charge in [0.05, 0.1) is 14.5 Å². The Labute approximate surface area is 131 Å². The molecule has 0 heterocycles. The number of thioether (sulfide) groups is 2. The summed E-state index contributed by atoms with van der Waals surface area (Å²) in [6.45, 7) is 7.07. The van der Waals surface area contributed by atoms with Crippen molar-refractivity contribution in [2.24, 2.45) is 0 Å². The van der Waals surface area contributed by atoms with Gasteiger partial charge < -0.3 is 5.11 Å². The summed E-state index contributed by atoms with van der Waals surface area (Å²) >= 11 is 3.62. The molecule has 1 aromatic carbocycles. The number of carboxylic acids is 1. The summed E-state index contributed by atoms with van der Waals surface area (Å²) in [5.41, 5.74) is 1.89. The highest BCUT2D eigenvalue weighted by molar-refractivity contribution is 8.22. The molecule has 0 saturated heterocycles. The standard InChI is InChI=1S/C15H22O2S2Si/c1-18-15(19-11-20(2,3)4)10-13-8-6-5-7-12(13)9-14(16)17/h5-8,10H,9,11H2,1-4H3,(H,16,17). The number of hydrogen-bond donors (Lipinski definition) is 1. The van der Waals surface area contributed by atoms with Crippen molar-refractivity contribution >= 4 is 43.6 Å². The van der Waals surface area contributed by atoms with Crippen LogP contribution in [0, 0.1) is 0 Å². The average Bonchev–Trinajstić information content (AvgIpc) is 2.34. The first-order valence-electron chi connectivity index (χ1n) is 6.50. The van der Waals surface area contributed by atoms with Gasteiger partial charge in [0.1, 0.15) is 0 Å². The first-order chi connectivity index (χ1) is 9.31. The summed E-state index contributed by atoms with van der Waals surface area (Å²) < 4.78 is 1.25. The van der Waals surface area contributed by atoms with Gasteiger partial charge >= 0.3 is 5.97 Å². The van der Waals surface area contributed by atoms with Crippen LogP contribution in [0.15, 0.2) is 28.5 Å². The molecule has 0 spiro atoms. The van der Waals surface area contributed by atoms with Crippen LogP contribution in [-0.4, -0.2) is 30.8 Å². The fourth-order valence-corrected chi connectivity index (χ4v) is 5.33. The molecule has 1 rings (SSSR count). The van der Waals surface area contributed by atoms with Crippen LogP contribution in [0.1, 0.15) is 11.1 Å². The zero-order valence-corrected chi connectivity index (χ0v) is 15.1. The van der Waals surface area contributed by atoms with Gasteiger partial charge in [-0.25, -0.2) is 0 Å². The van der Waals surface area contributed by atoms with Crippen LogP contribution in [0.3, 0.4) is 0 Å². The van der Waals surface area contributed by atoms with Crippen molar-refractivity contribution in [3.05, 3.63) is 39.6 Å². The Morgan fingerprint density at radius 3 is 2.50 bits per heavy atom. The summed E-state index contributed by atoms with van der Waals surface area (Å²) in [5, 5.41) is 10.1. The third-order valence-electron chi connectivity index (χ3n) is 2.52. The van der Waals surface area contributed by atoms with E-state index in [9.17, 15) is 4.79 Å². The number of hydrogen-bond acceptors (Lipinski definition) is 3. The lowest BCUT2D eigenvalue weighted by Gasteiger charge is -2.16. The molecule has 0 bridgehead atoms. The van der Waals surface area contributed by atoms with Gasteiger partial charge in [0.25, 0.3) is 0 Å². The van der Waals surface area contributed by atoms with Gasteiger partial charge in [0.15, 0.2) is 0 Å². The third kappa shape index (κ3) is 6.68. The highest BCUT2D eigenvalue weighted by Gasteiger charge is 2.14. The van der Waals surface area contributed by atoms with Crippen molar-refractivity contribution < 1.29 is 9.90 Å². The number of carboxylic acid groups (broad SMARTS) is 1. The van der Waals surface area contributed by atoms with E-state index in [1.807, 2.05) is 36.0 Å². The predicted molar refractivity (Wildman–Crippen MR) is 95.1 cm³/mol. The molecule has 0 fully saturated rings. The van der Waals surface area contributed by atoms with E-state index in [-0.39, 0.29) is 6.42 Å². The lowest BCUT2D eigenvalue weighted by atomic mass is 10.1. The second-order valence-corrected chi connectivity index (χ2v) is 13.9. The van der Waals surface area contributed by atoms with Crippen molar-refractivity contribution in [2.75, 3.05) is 11.6 Å². The molecular formula is C15H22O2S2Si. The highest BCUT2D eigenvalue weighted by atomic mass is 32.2. The van der Waals surface area contributed by atoms with E-state index < -0.39 is 14.0 Å². The third-order valence-corrected chi connectivity index (χ3v) is 8.34. The highest BCUT2D eigenvalue weighted by Crippen LogP contribution is 2.31. The number of rotatable bonds is 7. The minimum absolute atomic E-state index is 0.0764. The van der Waals surface area contributed by atoms with Crippen LogP contribution in [-0.2, 0) is 11.2 Å². The summed E-state index contributed by atoms with van der Waals surface area (Å²) in [7, 11) is -1.08. The molecule has 0 aliphatic heterocycles. The molecule has 0 aliphatic rings.